The highest BCUT2D eigenvalue weighted by atomic mass is 28.3. The molecule has 0 aliphatic carbocycles. The van der Waals surface area contributed by atoms with Gasteiger partial charge in [-0.3, -0.25) is 0 Å². The van der Waals surface area contributed by atoms with E-state index >= 15 is 0 Å². The van der Waals surface area contributed by atoms with E-state index in [1.807, 2.05) is 0 Å². The van der Waals surface area contributed by atoms with Gasteiger partial charge in [0.15, 0.2) is 0 Å². The molecule has 0 saturated heterocycles. The van der Waals surface area contributed by atoms with Crippen molar-refractivity contribution >= 4 is 8.07 Å². The van der Waals surface area contributed by atoms with Gasteiger partial charge in [-0.1, -0.05) is 78.1 Å². The Labute approximate surface area is 92.5 Å². The Balaban J connectivity index is 4.95. The van der Waals surface area contributed by atoms with Crippen molar-refractivity contribution in [2.45, 2.75) is 78.1 Å². The average molecular weight is 214 g/mol. The van der Waals surface area contributed by atoms with E-state index in [0.717, 1.165) is 22.5 Å². The van der Waals surface area contributed by atoms with Gasteiger partial charge in [0.05, 0.1) is 8.07 Å². The van der Waals surface area contributed by atoms with E-state index in [2.05, 4.69) is 55.4 Å². The third-order valence-electron chi connectivity index (χ3n) is 3.99. The van der Waals surface area contributed by atoms with Gasteiger partial charge in [-0.25, -0.2) is 0 Å². The number of hydrogen-bond acceptors (Lipinski definition) is 0. The van der Waals surface area contributed by atoms with Crippen LogP contribution in [-0.2, 0) is 0 Å². The van der Waals surface area contributed by atoms with Crippen LogP contribution in [0.15, 0.2) is 0 Å². The summed E-state index contributed by atoms with van der Waals surface area (Å²) in [5.41, 5.74) is 2.76. The Hall–Kier alpha value is 0.217. The van der Waals surface area contributed by atoms with Crippen molar-refractivity contribution in [2.24, 2.45) is 5.92 Å². The van der Waals surface area contributed by atoms with Crippen molar-refractivity contribution in [2.75, 3.05) is 0 Å². The standard InChI is InChI=1S/C13H30Si/c1-10(2)9-14(11(3)4,12(5)6)13(7)8/h10-13H,9H2,1-8H3. The van der Waals surface area contributed by atoms with Crippen molar-refractivity contribution in [3.63, 3.8) is 0 Å². The second kappa shape index (κ2) is 5.34. The minimum atomic E-state index is -1.09. The van der Waals surface area contributed by atoms with E-state index in [-0.39, 0.29) is 0 Å². The fourth-order valence-corrected chi connectivity index (χ4v) is 10.2. The molecule has 0 saturated carbocycles. The normalized spacial score (nSPS) is 13.7. The molecule has 0 amide bonds. The summed E-state index contributed by atoms with van der Waals surface area (Å²) in [6, 6.07) is 1.50. The summed E-state index contributed by atoms with van der Waals surface area (Å²) in [6.07, 6.45) is 0. The van der Waals surface area contributed by atoms with E-state index in [1.54, 1.807) is 0 Å². The molecule has 0 unspecified atom stereocenters. The van der Waals surface area contributed by atoms with Crippen molar-refractivity contribution in [3.8, 4) is 0 Å². The molecule has 1 heteroatoms. The van der Waals surface area contributed by atoms with Gasteiger partial charge in [-0.2, -0.15) is 0 Å². The molecule has 0 N–H and O–H groups in total. The molecule has 0 radical (unpaired) electrons. The number of rotatable bonds is 5. The Bertz CT molecular complexity index is 135. The van der Waals surface area contributed by atoms with Crippen LogP contribution in [-0.4, -0.2) is 8.07 Å². The molecular weight excluding hydrogens is 184 g/mol. The van der Waals surface area contributed by atoms with Crippen LogP contribution in [0.25, 0.3) is 0 Å². The molecule has 0 fully saturated rings. The highest BCUT2D eigenvalue weighted by Crippen LogP contribution is 2.45. The van der Waals surface area contributed by atoms with Gasteiger partial charge < -0.3 is 0 Å². The van der Waals surface area contributed by atoms with Crippen molar-refractivity contribution in [1.82, 2.24) is 0 Å². The van der Waals surface area contributed by atoms with Crippen LogP contribution in [0.1, 0.15) is 55.4 Å². The Kier molecular flexibility index (Phi) is 5.42. The molecule has 14 heavy (non-hydrogen) atoms. The van der Waals surface area contributed by atoms with Crippen LogP contribution in [0.5, 0.6) is 0 Å². The summed E-state index contributed by atoms with van der Waals surface area (Å²) in [6.45, 7) is 19.5. The average Bonchev–Trinajstić information content (AvgIpc) is 1.97. The molecular formula is C13H30Si. The molecule has 0 aliphatic heterocycles. The van der Waals surface area contributed by atoms with E-state index in [9.17, 15) is 0 Å². The molecule has 0 spiro atoms. The third kappa shape index (κ3) is 2.85. The highest BCUT2D eigenvalue weighted by molar-refractivity contribution is 6.83. The zero-order chi connectivity index (χ0) is 11.5. The Morgan fingerprint density at radius 1 is 0.643 bits per heavy atom. The summed E-state index contributed by atoms with van der Waals surface area (Å²) in [7, 11) is -1.09. The fourth-order valence-electron chi connectivity index (χ4n) is 3.41. The summed E-state index contributed by atoms with van der Waals surface area (Å²) in [5.74, 6) is 0.869. The van der Waals surface area contributed by atoms with Crippen LogP contribution in [0, 0.1) is 5.92 Å². The SMILES string of the molecule is CC(C)C[Si](C(C)C)(C(C)C)C(C)C. The van der Waals surface area contributed by atoms with Crippen LogP contribution in [0.2, 0.25) is 22.7 Å². The van der Waals surface area contributed by atoms with E-state index in [1.165, 1.54) is 6.04 Å². The summed E-state index contributed by atoms with van der Waals surface area (Å²) >= 11 is 0. The zero-order valence-corrected chi connectivity index (χ0v) is 12.5. The molecule has 0 aromatic carbocycles. The van der Waals surface area contributed by atoms with Gasteiger partial charge in [0, 0.05) is 0 Å². The second-order valence-corrected chi connectivity index (χ2v) is 12.3. The van der Waals surface area contributed by atoms with E-state index < -0.39 is 8.07 Å². The highest BCUT2D eigenvalue weighted by Gasteiger charge is 2.42. The minimum Gasteiger partial charge on any atom is -0.0651 e. The van der Waals surface area contributed by atoms with Crippen molar-refractivity contribution in [3.05, 3.63) is 0 Å². The monoisotopic (exact) mass is 214 g/mol. The lowest BCUT2D eigenvalue weighted by atomic mass is 10.3. The molecule has 0 heterocycles. The van der Waals surface area contributed by atoms with Gasteiger partial charge in [-0.05, 0) is 5.92 Å². The predicted molar refractivity (Wildman–Crippen MR) is 70.7 cm³/mol. The molecule has 0 aromatic heterocycles. The lowest BCUT2D eigenvalue weighted by Gasteiger charge is -2.44. The summed E-state index contributed by atoms with van der Waals surface area (Å²) in [5, 5.41) is 0. The molecule has 86 valence electrons. The Morgan fingerprint density at radius 3 is 1.00 bits per heavy atom. The maximum atomic E-state index is 2.45. The van der Waals surface area contributed by atoms with Gasteiger partial charge in [0.2, 0.25) is 0 Å². The summed E-state index contributed by atoms with van der Waals surface area (Å²) < 4.78 is 0. The maximum Gasteiger partial charge on any atom is 0.0615 e. The first-order chi connectivity index (χ1) is 6.25. The van der Waals surface area contributed by atoms with Gasteiger partial charge >= 0.3 is 0 Å². The van der Waals surface area contributed by atoms with Crippen LogP contribution in [0.4, 0.5) is 0 Å². The van der Waals surface area contributed by atoms with Gasteiger partial charge in [0.1, 0.15) is 0 Å². The lowest BCUT2D eigenvalue weighted by Crippen LogP contribution is -2.45. The van der Waals surface area contributed by atoms with Gasteiger partial charge in [-0.15, -0.1) is 0 Å². The molecule has 0 bridgehead atoms. The molecule has 0 aromatic rings. The maximum absolute atomic E-state index is 2.45. The predicted octanol–water partition coefficient (Wildman–Crippen LogP) is 5.32. The van der Waals surface area contributed by atoms with Crippen LogP contribution in [0.3, 0.4) is 0 Å². The summed E-state index contributed by atoms with van der Waals surface area (Å²) in [4.78, 5) is 0. The first-order valence-corrected chi connectivity index (χ1v) is 8.69. The number of hydrogen-bond donors (Lipinski definition) is 0. The first kappa shape index (κ1) is 14.2. The Morgan fingerprint density at radius 2 is 0.929 bits per heavy atom. The van der Waals surface area contributed by atoms with Gasteiger partial charge in [0.25, 0.3) is 0 Å². The molecule has 0 rings (SSSR count). The zero-order valence-electron chi connectivity index (χ0n) is 11.5. The molecule has 0 aliphatic rings. The minimum absolute atomic E-state index is 0.869. The molecule has 0 nitrogen and oxygen atoms in total. The van der Waals surface area contributed by atoms with Crippen molar-refractivity contribution < 1.29 is 0 Å². The van der Waals surface area contributed by atoms with E-state index in [0.29, 0.717) is 0 Å². The first-order valence-electron chi connectivity index (χ1n) is 6.25. The largest absolute Gasteiger partial charge is 0.0651 e. The molecule has 0 atom stereocenters. The second-order valence-electron chi connectivity index (χ2n) is 6.17. The topological polar surface area (TPSA) is 0 Å². The van der Waals surface area contributed by atoms with Crippen LogP contribution >= 0.6 is 0 Å². The van der Waals surface area contributed by atoms with Crippen LogP contribution < -0.4 is 0 Å². The fraction of sp³-hybridized carbons (Fsp3) is 1.00. The van der Waals surface area contributed by atoms with Crippen molar-refractivity contribution in [1.29, 1.82) is 0 Å². The lowest BCUT2D eigenvalue weighted by molar-refractivity contribution is 0.671. The van der Waals surface area contributed by atoms with E-state index in [4.69, 9.17) is 0 Å². The quantitative estimate of drug-likeness (QED) is 0.543. The smallest absolute Gasteiger partial charge is 0.0615 e. The third-order valence-corrected chi connectivity index (χ3v) is 12.0.